The van der Waals surface area contributed by atoms with Crippen molar-refractivity contribution in [3.63, 3.8) is 0 Å². The highest BCUT2D eigenvalue weighted by molar-refractivity contribution is 5.88. The number of methoxy groups -OCH3 is 3. The van der Waals surface area contributed by atoms with E-state index in [2.05, 4.69) is 0 Å². The molecule has 1 aliphatic carbocycles. The van der Waals surface area contributed by atoms with Crippen molar-refractivity contribution in [2.75, 3.05) is 21.3 Å². The summed E-state index contributed by atoms with van der Waals surface area (Å²) in [7, 11) is 4.66. The summed E-state index contributed by atoms with van der Waals surface area (Å²) in [6.45, 7) is 4.00. The fourth-order valence-corrected chi connectivity index (χ4v) is 2.78. The third-order valence-electron chi connectivity index (χ3n) is 4.06. The lowest BCUT2D eigenvalue weighted by Crippen LogP contribution is -2.25. The van der Waals surface area contributed by atoms with Crippen molar-refractivity contribution in [2.45, 2.75) is 25.7 Å². The van der Waals surface area contributed by atoms with Crippen molar-refractivity contribution in [3.05, 3.63) is 23.3 Å². The van der Waals surface area contributed by atoms with E-state index < -0.39 is 5.41 Å². The van der Waals surface area contributed by atoms with Gasteiger partial charge in [0.15, 0.2) is 0 Å². The first kappa shape index (κ1) is 13.7. The second kappa shape index (κ2) is 4.76. The maximum Gasteiger partial charge on any atom is 0.316 e. The fourth-order valence-electron chi connectivity index (χ4n) is 2.78. The molecule has 2 atom stereocenters. The highest BCUT2D eigenvalue weighted by Crippen LogP contribution is 2.58. The molecule has 2 rings (SSSR count). The van der Waals surface area contributed by atoms with Crippen LogP contribution < -0.4 is 9.47 Å². The molecule has 0 bridgehead atoms. The molecule has 0 saturated heterocycles. The highest BCUT2D eigenvalue weighted by Gasteiger charge is 2.61. The van der Waals surface area contributed by atoms with Crippen LogP contribution in [0, 0.1) is 12.8 Å². The van der Waals surface area contributed by atoms with Crippen molar-refractivity contribution >= 4 is 5.97 Å². The molecule has 0 radical (unpaired) electrons. The summed E-state index contributed by atoms with van der Waals surface area (Å²) < 4.78 is 15.8. The molecule has 2 unspecified atom stereocenters. The molecule has 0 aromatic heterocycles. The summed E-state index contributed by atoms with van der Waals surface area (Å²) >= 11 is 0. The quantitative estimate of drug-likeness (QED) is 0.784. The Kier molecular flexibility index (Phi) is 3.43. The Hall–Kier alpha value is -1.71. The van der Waals surface area contributed by atoms with Gasteiger partial charge >= 0.3 is 5.97 Å². The van der Waals surface area contributed by atoms with Crippen molar-refractivity contribution < 1.29 is 19.0 Å². The maximum absolute atomic E-state index is 12.1. The summed E-state index contributed by atoms with van der Waals surface area (Å²) in [5, 5.41) is 0. The summed E-state index contributed by atoms with van der Waals surface area (Å²) in [5.41, 5.74) is 1.26. The molecule has 104 valence electrons. The third-order valence-corrected chi connectivity index (χ3v) is 4.06. The number of carbonyl (C=O) groups is 1. The van der Waals surface area contributed by atoms with E-state index in [1.807, 2.05) is 26.0 Å². The monoisotopic (exact) mass is 264 g/mol. The lowest BCUT2D eigenvalue weighted by Gasteiger charge is -2.20. The van der Waals surface area contributed by atoms with Crippen LogP contribution in [-0.2, 0) is 14.9 Å². The van der Waals surface area contributed by atoms with Crippen LogP contribution in [0.15, 0.2) is 12.1 Å². The Morgan fingerprint density at radius 2 is 1.79 bits per heavy atom. The smallest absolute Gasteiger partial charge is 0.316 e. The number of aryl methyl sites for hydroxylation is 1. The van der Waals surface area contributed by atoms with Crippen LogP contribution in [0.5, 0.6) is 11.5 Å². The molecule has 4 heteroatoms. The van der Waals surface area contributed by atoms with E-state index in [0.717, 1.165) is 23.3 Å². The Morgan fingerprint density at radius 3 is 2.21 bits per heavy atom. The standard InChI is InChI=1S/C15H20O4/c1-9-6-13(18-4)11(7-12(9)17-3)15(8-10(15)2)14(16)19-5/h6-7,10H,8H2,1-5H3. The number of ether oxygens (including phenoxy) is 3. The van der Waals surface area contributed by atoms with Crippen molar-refractivity contribution in [1.29, 1.82) is 0 Å². The average molecular weight is 264 g/mol. The lowest BCUT2D eigenvalue weighted by atomic mass is 9.91. The van der Waals surface area contributed by atoms with Gasteiger partial charge in [0.2, 0.25) is 0 Å². The molecular weight excluding hydrogens is 244 g/mol. The molecule has 1 aromatic rings. The lowest BCUT2D eigenvalue weighted by molar-refractivity contribution is -0.144. The van der Waals surface area contributed by atoms with Crippen molar-refractivity contribution in [2.24, 2.45) is 5.92 Å². The van der Waals surface area contributed by atoms with E-state index in [-0.39, 0.29) is 11.9 Å². The first-order valence-corrected chi connectivity index (χ1v) is 6.32. The van der Waals surface area contributed by atoms with E-state index in [0.29, 0.717) is 5.75 Å². The number of esters is 1. The molecule has 1 fully saturated rings. The minimum absolute atomic E-state index is 0.204. The summed E-state index contributed by atoms with van der Waals surface area (Å²) in [6, 6.07) is 3.80. The van der Waals surface area contributed by atoms with Gasteiger partial charge in [-0.3, -0.25) is 4.79 Å². The highest BCUT2D eigenvalue weighted by atomic mass is 16.5. The van der Waals surface area contributed by atoms with Crippen LogP contribution in [0.2, 0.25) is 0 Å². The predicted octanol–water partition coefficient (Wildman–Crippen LogP) is 2.46. The Labute approximate surface area is 113 Å². The van der Waals surface area contributed by atoms with Crippen LogP contribution in [0.4, 0.5) is 0 Å². The van der Waals surface area contributed by atoms with Crippen LogP contribution >= 0.6 is 0 Å². The molecule has 4 nitrogen and oxygen atoms in total. The topological polar surface area (TPSA) is 44.8 Å². The Bertz CT molecular complexity index is 509. The van der Waals surface area contributed by atoms with Crippen LogP contribution in [0.1, 0.15) is 24.5 Å². The van der Waals surface area contributed by atoms with Gasteiger partial charge in [0, 0.05) is 5.56 Å². The van der Waals surface area contributed by atoms with E-state index in [1.54, 1.807) is 14.2 Å². The van der Waals surface area contributed by atoms with Gasteiger partial charge in [-0.25, -0.2) is 0 Å². The first-order chi connectivity index (χ1) is 9.01. The molecular formula is C15H20O4. The van der Waals surface area contributed by atoms with Gasteiger partial charge in [-0.15, -0.1) is 0 Å². The fraction of sp³-hybridized carbons (Fsp3) is 0.533. The largest absolute Gasteiger partial charge is 0.496 e. The summed E-state index contributed by atoms with van der Waals surface area (Å²) in [6.07, 6.45) is 0.780. The van der Waals surface area contributed by atoms with Gasteiger partial charge in [0.1, 0.15) is 11.5 Å². The third kappa shape index (κ3) is 1.95. The van der Waals surface area contributed by atoms with Gasteiger partial charge in [0.25, 0.3) is 0 Å². The van der Waals surface area contributed by atoms with Gasteiger partial charge in [-0.1, -0.05) is 6.92 Å². The second-order valence-corrected chi connectivity index (χ2v) is 5.09. The van der Waals surface area contributed by atoms with Crippen LogP contribution in [-0.4, -0.2) is 27.3 Å². The zero-order valence-corrected chi connectivity index (χ0v) is 12.1. The minimum Gasteiger partial charge on any atom is -0.496 e. The number of hydrogen-bond donors (Lipinski definition) is 0. The van der Waals surface area contributed by atoms with Gasteiger partial charge < -0.3 is 14.2 Å². The first-order valence-electron chi connectivity index (χ1n) is 6.32. The number of benzene rings is 1. The van der Waals surface area contributed by atoms with Gasteiger partial charge in [0.05, 0.1) is 26.7 Å². The van der Waals surface area contributed by atoms with Crippen molar-refractivity contribution in [3.8, 4) is 11.5 Å². The van der Waals surface area contributed by atoms with E-state index >= 15 is 0 Å². The van der Waals surface area contributed by atoms with E-state index in [1.165, 1.54) is 7.11 Å². The molecule has 0 heterocycles. The molecule has 1 saturated carbocycles. The zero-order valence-electron chi connectivity index (χ0n) is 12.1. The average Bonchev–Trinajstić information content (AvgIpc) is 3.09. The SMILES string of the molecule is COC(=O)C1(c2cc(OC)c(C)cc2OC)CC1C. The van der Waals surface area contributed by atoms with E-state index in [9.17, 15) is 4.79 Å². The molecule has 19 heavy (non-hydrogen) atoms. The normalized spacial score (nSPS) is 24.8. The van der Waals surface area contributed by atoms with Crippen LogP contribution in [0.25, 0.3) is 0 Å². The Morgan fingerprint density at radius 1 is 1.21 bits per heavy atom. The number of carbonyl (C=O) groups excluding carboxylic acids is 1. The predicted molar refractivity (Wildman–Crippen MR) is 71.8 cm³/mol. The molecule has 1 aliphatic rings. The Balaban J connectivity index is 2.57. The molecule has 1 aromatic carbocycles. The summed E-state index contributed by atoms with van der Waals surface area (Å²) in [5.74, 6) is 1.52. The van der Waals surface area contributed by atoms with Gasteiger partial charge in [-0.05, 0) is 37.0 Å². The molecule has 0 amide bonds. The van der Waals surface area contributed by atoms with E-state index in [4.69, 9.17) is 14.2 Å². The minimum atomic E-state index is -0.582. The summed E-state index contributed by atoms with van der Waals surface area (Å²) in [4.78, 5) is 12.1. The second-order valence-electron chi connectivity index (χ2n) is 5.09. The zero-order chi connectivity index (χ0) is 14.2. The number of hydrogen-bond acceptors (Lipinski definition) is 4. The van der Waals surface area contributed by atoms with Gasteiger partial charge in [-0.2, -0.15) is 0 Å². The molecule has 0 N–H and O–H groups in total. The maximum atomic E-state index is 12.1. The van der Waals surface area contributed by atoms with Crippen molar-refractivity contribution in [1.82, 2.24) is 0 Å². The van der Waals surface area contributed by atoms with Crippen LogP contribution in [0.3, 0.4) is 0 Å². The molecule has 0 aliphatic heterocycles. The molecule has 0 spiro atoms. The number of rotatable bonds is 4.